The molecule has 0 saturated carbocycles. The molecule has 2 nitrogen and oxygen atoms in total. The third kappa shape index (κ3) is 3.76. The van der Waals surface area contributed by atoms with E-state index in [4.69, 9.17) is 0 Å². The molecule has 1 fully saturated rings. The maximum absolute atomic E-state index is 3.61. The van der Waals surface area contributed by atoms with Gasteiger partial charge in [-0.1, -0.05) is 34.1 Å². The van der Waals surface area contributed by atoms with Crippen LogP contribution < -0.4 is 5.32 Å². The normalized spacial score (nSPS) is 30.8. The summed E-state index contributed by atoms with van der Waals surface area (Å²) < 4.78 is 0. The zero-order valence-corrected chi connectivity index (χ0v) is 11.1. The van der Waals surface area contributed by atoms with Crippen LogP contribution in [0.25, 0.3) is 0 Å². The van der Waals surface area contributed by atoms with Crippen LogP contribution in [0.1, 0.15) is 41.0 Å². The van der Waals surface area contributed by atoms with Gasteiger partial charge in [-0.05, 0) is 18.8 Å². The van der Waals surface area contributed by atoms with E-state index in [9.17, 15) is 0 Å². The van der Waals surface area contributed by atoms with E-state index in [1.165, 1.54) is 26.1 Å². The second-order valence-electron chi connectivity index (χ2n) is 5.61. The molecule has 1 saturated heterocycles. The molecule has 0 bridgehead atoms. The number of hydrogen-bond donors (Lipinski definition) is 1. The zero-order valence-electron chi connectivity index (χ0n) is 11.1. The van der Waals surface area contributed by atoms with Gasteiger partial charge in [0.05, 0.1) is 0 Å². The van der Waals surface area contributed by atoms with Crippen LogP contribution in [0.2, 0.25) is 0 Å². The van der Waals surface area contributed by atoms with E-state index in [0.717, 1.165) is 17.9 Å². The summed E-state index contributed by atoms with van der Waals surface area (Å²) in [4.78, 5) is 2.69. The highest BCUT2D eigenvalue weighted by atomic mass is 15.2. The summed E-state index contributed by atoms with van der Waals surface area (Å²) in [6, 6.07) is 1.40. The minimum Gasteiger partial charge on any atom is -0.311 e. The lowest BCUT2D eigenvalue weighted by molar-refractivity contribution is 0.0841. The van der Waals surface area contributed by atoms with Gasteiger partial charge in [-0.2, -0.15) is 0 Å². The molecule has 0 aromatic carbocycles. The molecule has 1 aliphatic heterocycles. The van der Waals surface area contributed by atoms with Gasteiger partial charge in [0.1, 0.15) is 0 Å². The maximum Gasteiger partial charge on any atom is 0.0246 e. The Morgan fingerprint density at radius 2 is 2.00 bits per heavy atom. The molecule has 0 aromatic heterocycles. The fourth-order valence-corrected chi connectivity index (χ4v) is 2.51. The Bertz CT molecular complexity index is 177. The van der Waals surface area contributed by atoms with Crippen molar-refractivity contribution in [3.63, 3.8) is 0 Å². The van der Waals surface area contributed by atoms with Crippen molar-refractivity contribution in [2.45, 2.75) is 53.1 Å². The van der Waals surface area contributed by atoms with Crippen LogP contribution in [-0.4, -0.2) is 36.6 Å². The van der Waals surface area contributed by atoms with Crippen LogP contribution in [0.15, 0.2) is 0 Å². The molecule has 0 radical (unpaired) electrons. The van der Waals surface area contributed by atoms with Gasteiger partial charge in [-0.15, -0.1) is 0 Å². The first-order chi connectivity index (χ1) is 7.04. The Hall–Kier alpha value is -0.0800. The summed E-state index contributed by atoms with van der Waals surface area (Å²) in [6.07, 6.45) is 1.29. The average molecular weight is 212 g/mol. The number of piperazine rings is 1. The van der Waals surface area contributed by atoms with Crippen LogP contribution in [0.4, 0.5) is 0 Å². The minimum atomic E-state index is 0.657. The van der Waals surface area contributed by atoms with E-state index in [-0.39, 0.29) is 0 Å². The van der Waals surface area contributed by atoms with E-state index in [1.54, 1.807) is 0 Å². The highest BCUT2D eigenvalue weighted by molar-refractivity contribution is 4.87. The number of nitrogens with one attached hydrogen (secondary N) is 1. The van der Waals surface area contributed by atoms with Gasteiger partial charge in [-0.3, -0.25) is 4.90 Å². The molecule has 1 rings (SSSR count). The Morgan fingerprint density at radius 1 is 1.33 bits per heavy atom. The first-order valence-electron chi connectivity index (χ1n) is 6.52. The lowest BCUT2D eigenvalue weighted by Crippen LogP contribution is -2.58. The molecular weight excluding hydrogens is 184 g/mol. The van der Waals surface area contributed by atoms with Crippen LogP contribution in [0.3, 0.4) is 0 Å². The van der Waals surface area contributed by atoms with Gasteiger partial charge in [-0.25, -0.2) is 0 Å². The van der Waals surface area contributed by atoms with Gasteiger partial charge in [0, 0.05) is 31.7 Å². The van der Waals surface area contributed by atoms with E-state index in [1.807, 2.05) is 0 Å². The van der Waals surface area contributed by atoms with Gasteiger partial charge in [0.15, 0.2) is 0 Å². The molecule has 0 spiro atoms. The fourth-order valence-electron chi connectivity index (χ4n) is 2.51. The molecule has 1 N–H and O–H groups in total. The Morgan fingerprint density at radius 3 is 2.53 bits per heavy atom. The molecule has 0 amide bonds. The molecule has 15 heavy (non-hydrogen) atoms. The molecule has 3 atom stereocenters. The van der Waals surface area contributed by atoms with E-state index < -0.39 is 0 Å². The highest BCUT2D eigenvalue weighted by Gasteiger charge is 2.29. The molecule has 3 unspecified atom stereocenters. The summed E-state index contributed by atoms with van der Waals surface area (Å²) in [6.45, 7) is 15.3. The van der Waals surface area contributed by atoms with Crippen LogP contribution >= 0.6 is 0 Å². The summed E-state index contributed by atoms with van der Waals surface area (Å²) in [5.74, 6) is 1.59. The standard InChI is InChI=1S/C13H28N2/c1-6-11(4)13-7-14-12(5)9-15(13)8-10(2)3/h10-14H,6-9H2,1-5H3. The quantitative estimate of drug-likeness (QED) is 0.769. The van der Waals surface area contributed by atoms with Crippen LogP contribution in [0.5, 0.6) is 0 Å². The van der Waals surface area contributed by atoms with Crippen molar-refractivity contribution in [1.82, 2.24) is 10.2 Å². The third-order valence-corrected chi connectivity index (χ3v) is 3.55. The SMILES string of the molecule is CCC(C)C1CNC(C)CN1CC(C)C. The predicted molar refractivity (Wildman–Crippen MR) is 67.1 cm³/mol. The van der Waals surface area contributed by atoms with Gasteiger partial charge >= 0.3 is 0 Å². The topological polar surface area (TPSA) is 15.3 Å². The second kappa shape index (κ2) is 5.86. The number of rotatable bonds is 4. The lowest BCUT2D eigenvalue weighted by Gasteiger charge is -2.43. The van der Waals surface area contributed by atoms with Crippen molar-refractivity contribution in [2.24, 2.45) is 11.8 Å². The van der Waals surface area contributed by atoms with Crippen molar-refractivity contribution in [3.8, 4) is 0 Å². The van der Waals surface area contributed by atoms with Crippen LogP contribution in [-0.2, 0) is 0 Å². The number of nitrogens with zero attached hydrogens (tertiary/aromatic N) is 1. The molecule has 1 aliphatic rings. The molecule has 90 valence electrons. The molecule has 0 aromatic rings. The van der Waals surface area contributed by atoms with Gasteiger partial charge < -0.3 is 5.32 Å². The maximum atomic E-state index is 3.61. The van der Waals surface area contributed by atoms with Crippen LogP contribution in [0, 0.1) is 11.8 Å². The lowest BCUT2D eigenvalue weighted by atomic mass is 9.94. The van der Waals surface area contributed by atoms with E-state index in [0.29, 0.717) is 6.04 Å². The monoisotopic (exact) mass is 212 g/mol. The highest BCUT2D eigenvalue weighted by Crippen LogP contribution is 2.19. The third-order valence-electron chi connectivity index (χ3n) is 3.55. The first kappa shape index (κ1) is 13.0. The second-order valence-corrected chi connectivity index (χ2v) is 5.61. The van der Waals surface area contributed by atoms with Gasteiger partial charge in [0.25, 0.3) is 0 Å². The van der Waals surface area contributed by atoms with Crippen molar-refractivity contribution in [1.29, 1.82) is 0 Å². The summed E-state index contributed by atoms with van der Waals surface area (Å²) in [7, 11) is 0. The van der Waals surface area contributed by atoms with Crippen molar-refractivity contribution in [2.75, 3.05) is 19.6 Å². The molecule has 0 aliphatic carbocycles. The summed E-state index contributed by atoms with van der Waals surface area (Å²) in [5.41, 5.74) is 0. The zero-order chi connectivity index (χ0) is 11.4. The smallest absolute Gasteiger partial charge is 0.0246 e. The first-order valence-corrected chi connectivity index (χ1v) is 6.52. The largest absolute Gasteiger partial charge is 0.311 e. The number of hydrogen-bond acceptors (Lipinski definition) is 2. The Labute approximate surface area is 95.4 Å². The molecular formula is C13H28N2. The molecule has 1 heterocycles. The van der Waals surface area contributed by atoms with Crippen molar-refractivity contribution < 1.29 is 0 Å². The molecule has 2 heteroatoms. The Kier molecular flexibility index (Phi) is 5.07. The van der Waals surface area contributed by atoms with Crippen molar-refractivity contribution >= 4 is 0 Å². The van der Waals surface area contributed by atoms with E-state index in [2.05, 4.69) is 44.8 Å². The van der Waals surface area contributed by atoms with Gasteiger partial charge in [0.2, 0.25) is 0 Å². The van der Waals surface area contributed by atoms with Crippen molar-refractivity contribution in [3.05, 3.63) is 0 Å². The fraction of sp³-hybridized carbons (Fsp3) is 1.00. The minimum absolute atomic E-state index is 0.657. The average Bonchev–Trinajstić information content (AvgIpc) is 2.16. The summed E-state index contributed by atoms with van der Waals surface area (Å²) in [5, 5.41) is 3.61. The van der Waals surface area contributed by atoms with E-state index >= 15 is 0 Å². The Balaban J connectivity index is 2.57. The predicted octanol–water partition coefficient (Wildman–Crippen LogP) is 2.35. The summed E-state index contributed by atoms with van der Waals surface area (Å²) >= 11 is 0.